The quantitative estimate of drug-likeness (QED) is 0.465. The fourth-order valence-electron chi connectivity index (χ4n) is 3.48. The lowest BCUT2D eigenvalue weighted by molar-refractivity contribution is 0.0493. The molecule has 7 heteroatoms. The Morgan fingerprint density at radius 3 is 2.40 bits per heavy atom. The Morgan fingerprint density at radius 2 is 1.77 bits per heavy atom. The van der Waals surface area contributed by atoms with Gasteiger partial charge in [-0.2, -0.15) is 0 Å². The molecule has 1 aliphatic rings. The van der Waals surface area contributed by atoms with E-state index in [0.29, 0.717) is 41.8 Å². The van der Waals surface area contributed by atoms with E-state index < -0.39 is 5.97 Å². The van der Waals surface area contributed by atoms with E-state index in [1.165, 1.54) is 26.9 Å². The molecule has 3 rings (SSSR count). The van der Waals surface area contributed by atoms with Crippen LogP contribution in [-0.2, 0) is 4.74 Å². The minimum atomic E-state index is -0.427. The van der Waals surface area contributed by atoms with Gasteiger partial charge in [0.2, 0.25) is 5.75 Å². The maximum Gasteiger partial charge on any atom is 0.338 e. The van der Waals surface area contributed by atoms with Gasteiger partial charge < -0.3 is 23.8 Å². The lowest BCUT2D eigenvalue weighted by Crippen LogP contribution is -2.34. The summed E-state index contributed by atoms with van der Waals surface area (Å²) in [7, 11) is 4.54. The van der Waals surface area contributed by atoms with Gasteiger partial charge in [-0.25, -0.2) is 4.79 Å². The molecule has 2 aromatic carbocycles. The molecule has 1 heterocycles. The van der Waals surface area contributed by atoms with Gasteiger partial charge >= 0.3 is 5.97 Å². The van der Waals surface area contributed by atoms with Crippen LogP contribution in [0.3, 0.4) is 0 Å². The van der Waals surface area contributed by atoms with E-state index in [4.69, 9.17) is 18.9 Å². The monoisotopic (exact) mass is 412 g/mol. The molecule has 1 aliphatic heterocycles. The van der Waals surface area contributed by atoms with Crippen molar-refractivity contribution in [3.8, 4) is 17.2 Å². The standard InChI is InChI=1S/C23H28N2O5/c1-27-20-12-18(13-21(28-2)22(20)29-3)23(26)30-11-7-10-25-15-19(14-24-16-25)17-8-5-4-6-9-17/h4-6,8-9,12-13,16,19H,7,10-11,14-15H2,1-3H3. The lowest BCUT2D eigenvalue weighted by Gasteiger charge is -2.29. The second-order valence-electron chi connectivity index (χ2n) is 6.99. The molecular formula is C23H28N2O5. The van der Waals surface area contributed by atoms with Crippen molar-refractivity contribution in [2.45, 2.75) is 12.3 Å². The Balaban J connectivity index is 1.50. The molecule has 7 nitrogen and oxygen atoms in total. The number of hydrogen-bond acceptors (Lipinski definition) is 7. The summed E-state index contributed by atoms with van der Waals surface area (Å²) >= 11 is 0. The van der Waals surface area contributed by atoms with Crippen molar-refractivity contribution >= 4 is 12.3 Å². The number of carbonyl (C=O) groups is 1. The van der Waals surface area contributed by atoms with Gasteiger partial charge in [-0.3, -0.25) is 4.99 Å². The van der Waals surface area contributed by atoms with Crippen LogP contribution in [0.2, 0.25) is 0 Å². The van der Waals surface area contributed by atoms with E-state index in [9.17, 15) is 4.79 Å². The normalized spacial score (nSPS) is 15.6. The van der Waals surface area contributed by atoms with Crippen LogP contribution in [0.25, 0.3) is 0 Å². The van der Waals surface area contributed by atoms with Crippen LogP contribution in [-0.4, -0.2) is 64.8 Å². The lowest BCUT2D eigenvalue weighted by atomic mass is 9.98. The fraction of sp³-hybridized carbons (Fsp3) is 0.391. The molecule has 0 aliphatic carbocycles. The summed E-state index contributed by atoms with van der Waals surface area (Å²) in [5, 5.41) is 0. The zero-order valence-corrected chi connectivity index (χ0v) is 17.7. The highest BCUT2D eigenvalue weighted by atomic mass is 16.5. The zero-order valence-electron chi connectivity index (χ0n) is 17.7. The molecule has 0 spiro atoms. The fourth-order valence-corrected chi connectivity index (χ4v) is 3.48. The number of aliphatic imine (C=N–C) groups is 1. The molecule has 160 valence electrons. The molecule has 1 unspecified atom stereocenters. The van der Waals surface area contributed by atoms with Crippen molar-refractivity contribution in [3.05, 3.63) is 53.6 Å². The molecule has 0 radical (unpaired) electrons. The highest BCUT2D eigenvalue weighted by molar-refractivity contribution is 5.91. The van der Waals surface area contributed by atoms with Crippen molar-refractivity contribution in [2.75, 3.05) is 47.6 Å². The van der Waals surface area contributed by atoms with Crippen molar-refractivity contribution < 1.29 is 23.7 Å². The molecular weight excluding hydrogens is 384 g/mol. The van der Waals surface area contributed by atoms with E-state index in [-0.39, 0.29) is 0 Å². The number of carbonyl (C=O) groups excluding carboxylic acids is 1. The van der Waals surface area contributed by atoms with Gasteiger partial charge in [0.05, 0.1) is 39.8 Å². The Morgan fingerprint density at radius 1 is 1.07 bits per heavy atom. The summed E-state index contributed by atoms with van der Waals surface area (Å²) in [6, 6.07) is 13.6. The summed E-state index contributed by atoms with van der Waals surface area (Å²) < 4.78 is 21.3. The Kier molecular flexibility index (Phi) is 7.54. The second kappa shape index (κ2) is 10.5. The predicted molar refractivity (Wildman–Crippen MR) is 115 cm³/mol. The number of rotatable bonds is 9. The molecule has 30 heavy (non-hydrogen) atoms. The number of benzene rings is 2. The average Bonchev–Trinajstić information content (AvgIpc) is 2.81. The summed E-state index contributed by atoms with van der Waals surface area (Å²) in [5.74, 6) is 1.23. The minimum absolute atomic E-state index is 0.315. The minimum Gasteiger partial charge on any atom is -0.493 e. The topological polar surface area (TPSA) is 69.6 Å². The number of methoxy groups -OCH3 is 3. The van der Waals surface area contributed by atoms with Crippen LogP contribution >= 0.6 is 0 Å². The third-order valence-corrected chi connectivity index (χ3v) is 5.02. The molecule has 0 fully saturated rings. The van der Waals surface area contributed by atoms with E-state index in [1.54, 1.807) is 12.1 Å². The van der Waals surface area contributed by atoms with Crippen molar-refractivity contribution in [1.82, 2.24) is 4.90 Å². The third kappa shape index (κ3) is 5.23. The summed E-state index contributed by atoms with van der Waals surface area (Å²) in [6.07, 6.45) is 2.60. The zero-order chi connectivity index (χ0) is 21.3. The van der Waals surface area contributed by atoms with Crippen LogP contribution in [0.5, 0.6) is 17.2 Å². The Bertz CT molecular complexity index is 844. The van der Waals surface area contributed by atoms with Gasteiger partial charge in [-0.1, -0.05) is 30.3 Å². The van der Waals surface area contributed by atoms with Crippen LogP contribution in [0.1, 0.15) is 28.3 Å². The second-order valence-corrected chi connectivity index (χ2v) is 6.99. The predicted octanol–water partition coefficient (Wildman–Crippen LogP) is 3.39. The highest BCUT2D eigenvalue weighted by Crippen LogP contribution is 2.38. The van der Waals surface area contributed by atoms with E-state index in [0.717, 1.165) is 19.6 Å². The molecule has 0 bridgehead atoms. The summed E-state index contributed by atoms with van der Waals surface area (Å²) in [4.78, 5) is 19.1. The number of ether oxygens (including phenoxy) is 4. The average molecular weight is 412 g/mol. The largest absolute Gasteiger partial charge is 0.493 e. The molecule has 2 aromatic rings. The van der Waals surface area contributed by atoms with Crippen LogP contribution in [0.15, 0.2) is 47.5 Å². The number of nitrogens with zero attached hydrogens (tertiary/aromatic N) is 2. The van der Waals surface area contributed by atoms with Crippen LogP contribution < -0.4 is 14.2 Å². The SMILES string of the molecule is COc1cc(C(=O)OCCCN2C=NCC(c3ccccc3)C2)cc(OC)c1OC. The van der Waals surface area contributed by atoms with E-state index >= 15 is 0 Å². The molecule has 0 saturated heterocycles. The maximum absolute atomic E-state index is 12.5. The maximum atomic E-state index is 12.5. The number of hydrogen-bond donors (Lipinski definition) is 0. The molecule has 0 N–H and O–H groups in total. The molecule has 1 atom stereocenters. The van der Waals surface area contributed by atoms with Gasteiger partial charge in [0.25, 0.3) is 0 Å². The van der Waals surface area contributed by atoms with E-state index in [2.05, 4.69) is 34.2 Å². The van der Waals surface area contributed by atoms with Gasteiger partial charge in [0.15, 0.2) is 11.5 Å². The highest BCUT2D eigenvalue weighted by Gasteiger charge is 2.19. The van der Waals surface area contributed by atoms with Crippen molar-refractivity contribution in [1.29, 1.82) is 0 Å². The molecule has 0 aromatic heterocycles. The summed E-state index contributed by atoms with van der Waals surface area (Å²) in [6.45, 7) is 2.80. The first-order valence-corrected chi connectivity index (χ1v) is 9.92. The molecule has 0 amide bonds. The molecule has 0 saturated carbocycles. The first kappa shape index (κ1) is 21.5. The van der Waals surface area contributed by atoms with Gasteiger partial charge in [0, 0.05) is 25.6 Å². The number of esters is 1. The van der Waals surface area contributed by atoms with Crippen molar-refractivity contribution in [3.63, 3.8) is 0 Å². The third-order valence-electron chi connectivity index (χ3n) is 5.02. The first-order valence-electron chi connectivity index (χ1n) is 9.92. The van der Waals surface area contributed by atoms with E-state index in [1.807, 2.05) is 12.4 Å². The first-order chi connectivity index (χ1) is 14.7. The van der Waals surface area contributed by atoms with Crippen LogP contribution in [0, 0.1) is 0 Å². The van der Waals surface area contributed by atoms with Gasteiger partial charge in [-0.05, 0) is 24.1 Å². The van der Waals surface area contributed by atoms with Gasteiger partial charge in [0.1, 0.15) is 0 Å². The Hall–Kier alpha value is -3.22. The smallest absolute Gasteiger partial charge is 0.338 e. The van der Waals surface area contributed by atoms with Crippen LogP contribution in [0.4, 0.5) is 0 Å². The van der Waals surface area contributed by atoms with Crippen molar-refractivity contribution in [2.24, 2.45) is 4.99 Å². The van der Waals surface area contributed by atoms with Gasteiger partial charge in [-0.15, -0.1) is 0 Å². The Labute approximate surface area is 177 Å². The summed E-state index contributed by atoms with van der Waals surface area (Å²) in [5.41, 5.74) is 1.65.